The minimum atomic E-state index is -4.52. The van der Waals surface area contributed by atoms with E-state index in [-0.39, 0.29) is 22.3 Å². The Balaban J connectivity index is 3.15. The molecule has 0 aliphatic carbocycles. The van der Waals surface area contributed by atoms with Gasteiger partial charge in [-0.05, 0) is 12.5 Å². The summed E-state index contributed by atoms with van der Waals surface area (Å²) in [5, 5.41) is 2.22. The number of aromatic nitrogens is 1. The van der Waals surface area contributed by atoms with Crippen LogP contribution < -0.4 is 5.32 Å². The zero-order chi connectivity index (χ0) is 15.0. The Morgan fingerprint density at radius 2 is 1.84 bits per heavy atom. The molecule has 0 saturated heterocycles. The summed E-state index contributed by atoms with van der Waals surface area (Å²) in [5.41, 5.74) is -1.76. The van der Waals surface area contributed by atoms with Gasteiger partial charge < -0.3 is 5.32 Å². The van der Waals surface area contributed by atoms with Gasteiger partial charge in [0.05, 0.1) is 10.6 Å². The van der Waals surface area contributed by atoms with Crippen LogP contribution in [0, 0.1) is 12.3 Å². The number of amides is 1. The molecule has 1 aromatic heterocycles. The largest absolute Gasteiger partial charge is 0.418 e. The van der Waals surface area contributed by atoms with Crippen LogP contribution in [0.4, 0.5) is 19.0 Å². The van der Waals surface area contributed by atoms with Gasteiger partial charge in [-0.25, -0.2) is 4.98 Å². The summed E-state index contributed by atoms with van der Waals surface area (Å²) >= 11 is 5.82. The Kier molecular flexibility index (Phi) is 4.14. The highest BCUT2D eigenvalue weighted by molar-refractivity contribution is 6.34. The van der Waals surface area contributed by atoms with Crippen LogP contribution in [0.3, 0.4) is 0 Å². The number of hydrogen-bond donors (Lipinski definition) is 1. The summed E-state index contributed by atoms with van der Waals surface area (Å²) in [6, 6.07) is 0. The van der Waals surface area contributed by atoms with E-state index in [1.807, 2.05) is 0 Å². The van der Waals surface area contributed by atoms with E-state index >= 15 is 0 Å². The van der Waals surface area contributed by atoms with Crippen LogP contribution in [0.1, 0.15) is 31.9 Å². The number of carbonyl (C=O) groups excluding carboxylic acids is 1. The second-order valence-electron chi connectivity index (χ2n) is 5.16. The van der Waals surface area contributed by atoms with Gasteiger partial charge in [0.2, 0.25) is 5.91 Å². The number of halogens is 4. The van der Waals surface area contributed by atoms with Crippen molar-refractivity contribution in [2.45, 2.75) is 33.9 Å². The summed E-state index contributed by atoms with van der Waals surface area (Å²) < 4.78 is 37.9. The molecule has 1 amide bonds. The maximum Gasteiger partial charge on any atom is 0.418 e. The highest BCUT2D eigenvalue weighted by atomic mass is 35.5. The second-order valence-corrected chi connectivity index (χ2v) is 5.54. The monoisotopic (exact) mass is 294 g/mol. The Bertz CT molecular complexity index is 507. The van der Waals surface area contributed by atoms with Crippen LogP contribution in [0.25, 0.3) is 0 Å². The smallest absolute Gasteiger partial charge is 0.309 e. The van der Waals surface area contributed by atoms with Crippen molar-refractivity contribution in [1.29, 1.82) is 0 Å². The minimum absolute atomic E-state index is 0.0629. The normalized spacial score (nSPS) is 12.4. The number of anilines is 1. The van der Waals surface area contributed by atoms with E-state index in [1.165, 1.54) is 6.92 Å². The number of nitrogens with one attached hydrogen (secondary N) is 1. The standard InChI is InChI=1S/C12H14ClF3N2O/c1-6-7(12(14,15)16)5-17-9(8(6)13)18-10(19)11(2,3)4/h5H,1-4H3,(H,17,18,19). The van der Waals surface area contributed by atoms with Gasteiger partial charge in [0.15, 0.2) is 5.82 Å². The third kappa shape index (κ3) is 3.59. The average molecular weight is 295 g/mol. The first-order chi connectivity index (χ1) is 8.44. The van der Waals surface area contributed by atoms with Gasteiger partial charge in [0.25, 0.3) is 0 Å². The van der Waals surface area contributed by atoms with Gasteiger partial charge in [-0.1, -0.05) is 32.4 Å². The first-order valence-electron chi connectivity index (χ1n) is 5.48. The lowest BCUT2D eigenvalue weighted by molar-refractivity contribution is -0.138. The van der Waals surface area contributed by atoms with Gasteiger partial charge in [0, 0.05) is 11.6 Å². The summed E-state index contributed by atoms with van der Waals surface area (Å²) in [4.78, 5) is 15.3. The van der Waals surface area contributed by atoms with Crippen LogP contribution in [0.5, 0.6) is 0 Å². The van der Waals surface area contributed by atoms with Crippen LogP contribution in [-0.4, -0.2) is 10.9 Å². The lowest BCUT2D eigenvalue weighted by Crippen LogP contribution is -2.28. The first-order valence-corrected chi connectivity index (χ1v) is 5.86. The summed E-state index contributed by atoms with van der Waals surface area (Å²) in [6.45, 7) is 6.26. The van der Waals surface area contributed by atoms with Crippen molar-refractivity contribution in [3.8, 4) is 0 Å². The lowest BCUT2D eigenvalue weighted by atomic mass is 9.96. The number of rotatable bonds is 1. The highest BCUT2D eigenvalue weighted by Gasteiger charge is 2.34. The Labute approximate surface area is 114 Å². The molecular formula is C12H14ClF3N2O. The molecule has 19 heavy (non-hydrogen) atoms. The zero-order valence-corrected chi connectivity index (χ0v) is 11.7. The molecule has 0 aromatic carbocycles. The maximum atomic E-state index is 12.6. The Morgan fingerprint density at radius 1 is 1.32 bits per heavy atom. The van der Waals surface area contributed by atoms with E-state index in [0.717, 1.165) is 0 Å². The number of alkyl halides is 3. The van der Waals surface area contributed by atoms with Crippen LogP contribution in [0.15, 0.2) is 6.20 Å². The number of hydrogen-bond acceptors (Lipinski definition) is 2. The van der Waals surface area contributed by atoms with Gasteiger partial charge in [0.1, 0.15) is 0 Å². The molecule has 0 aliphatic heterocycles. The molecule has 0 fully saturated rings. The van der Waals surface area contributed by atoms with Crippen molar-refractivity contribution in [3.63, 3.8) is 0 Å². The predicted octanol–water partition coefficient (Wildman–Crippen LogP) is 4.05. The van der Waals surface area contributed by atoms with E-state index in [0.29, 0.717) is 6.20 Å². The molecule has 0 radical (unpaired) electrons. The van der Waals surface area contributed by atoms with Crippen molar-refractivity contribution in [3.05, 3.63) is 22.3 Å². The van der Waals surface area contributed by atoms with E-state index in [9.17, 15) is 18.0 Å². The molecule has 0 aliphatic rings. The van der Waals surface area contributed by atoms with Crippen LogP contribution >= 0.6 is 11.6 Å². The molecule has 0 bridgehead atoms. The summed E-state index contributed by atoms with van der Waals surface area (Å²) in [5.74, 6) is -0.437. The summed E-state index contributed by atoms with van der Waals surface area (Å²) in [6.07, 6.45) is -3.85. The Hall–Kier alpha value is -1.30. The summed E-state index contributed by atoms with van der Waals surface area (Å²) in [7, 11) is 0. The molecule has 7 heteroatoms. The first kappa shape index (κ1) is 15.8. The van der Waals surface area contributed by atoms with Crippen molar-refractivity contribution in [2.24, 2.45) is 5.41 Å². The van der Waals surface area contributed by atoms with Gasteiger partial charge in [-0.15, -0.1) is 0 Å². The minimum Gasteiger partial charge on any atom is -0.309 e. The maximum absolute atomic E-state index is 12.6. The number of nitrogens with zero attached hydrogens (tertiary/aromatic N) is 1. The lowest BCUT2D eigenvalue weighted by Gasteiger charge is -2.19. The molecule has 0 atom stereocenters. The zero-order valence-electron chi connectivity index (χ0n) is 10.9. The van der Waals surface area contributed by atoms with E-state index in [4.69, 9.17) is 11.6 Å². The molecule has 3 nitrogen and oxygen atoms in total. The van der Waals surface area contributed by atoms with Crippen LogP contribution in [0.2, 0.25) is 5.02 Å². The highest BCUT2D eigenvalue weighted by Crippen LogP contribution is 2.36. The molecule has 1 heterocycles. The fourth-order valence-electron chi connectivity index (χ4n) is 1.25. The topological polar surface area (TPSA) is 42.0 Å². The molecule has 1 aromatic rings. The van der Waals surface area contributed by atoms with Gasteiger partial charge in [-0.2, -0.15) is 13.2 Å². The average Bonchev–Trinajstić information content (AvgIpc) is 2.21. The van der Waals surface area contributed by atoms with E-state index in [2.05, 4.69) is 10.3 Å². The van der Waals surface area contributed by atoms with Crippen molar-refractivity contribution in [1.82, 2.24) is 4.98 Å². The van der Waals surface area contributed by atoms with Crippen LogP contribution in [-0.2, 0) is 11.0 Å². The Morgan fingerprint density at radius 3 is 2.26 bits per heavy atom. The fourth-order valence-corrected chi connectivity index (χ4v) is 1.44. The second kappa shape index (κ2) is 5.00. The SMILES string of the molecule is Cc1c(C(F)(F)F)cnc(NC(=O)C(C)(C)C)c1Cl. The predicted molar refractivity (Wildman–Crippen MR) is 67.1 cm³/mol. The third-order valence-corrected chi connectivity index (χ3v) is 2.94. The molecule has 0 unspecified atom stereocenters. The van der Waals surface area contributed by atoms with Crippen molar-refractivity contribution in [2.75, 3.05) is 5.32 Å². The number of carbonyl (C=O) groups is 1. The van der Waals surface area contributed by atoms with Crippen molar-refractivity contribution >= 4 is 23.3 Å². The van der Waals surface area contributed by atoms with Gasteiger partial charge >= 0.3 is 6.18 Å². The molecule has 0 saturated carbocycles. The molecule has 1 rings (SSSR count). The third-order valence-electron chi connectivity index (χ3n) is 2.48. The molecule has 106 valence electrons. The van der Waals surface area contributed by atoms with Crippen molar-refractivity contribution < 1.29 is 18.0 Å². The van der Waals surface area contributed by atoms with E-state index in [1.54, 1.807) is 20.8 Å². The number of pyridine rings is 1. The molecule has 1 N–H and O–H groups in total. The van der Waals surface area contributed by atoms with E-state index < -0.39 is 17.2 Å². The molecule has 0 spiro atoms. The molecular weight excluding hydrogens is 281 g/mol. The quantitative estimate of drug-likeness (QED) is 0.849. The van der Waals surface area contributed by atoms with Gasteiger partial charge in [-0.3, -0.25) is 4.79 Å². The fraction of sp³-hybridized carbons (Fsp3) is 0.500.